The van der Waals surface area contributed by atoms with Crippen molar-refractivity contribution in [3.05, 3.63) is 69.9 Å². The van der Waals surface area contributed by atoms with Crippen molar-refractivity contribution in [1.82, 2.24) is 15.0 Å². The predicted molar refractivity (Wildman–Crippen MR) is 112 cm³/mol. The molecule has 140 valence electrons. The molecule has 0 radical (unpaired) electrons. The Hall–Kier alpha value is -2.95. The third-order valence-corrected chi connectivity index (χ3v) is 4.90. The van der Waals surface area contributed by atoms with Crippen molar-refractivity contribution in [3.63, 3.8) is 0 Å². The zero-order valence-corrected chi connectivity index (χ0v) is 16.3. The normalized spacial score (nSPS) is 12.9. The maximum atomic E-state index is 12.0. The van der Waals surface area contributed by atoms with Crippen LogP contribution >= 0.6 is 0 Å². The lowest BCUT2D eigenvalue weighted by Gasteiger charge is -2.12. The molecular weight excluding hydrogens is 336 g/mol. The van der Waals surface area contributed by atoms with E-state index in [9.17, 15) is 4.79 Å². The highest BCUT2D eigenvalue weighted by molar-refractivity contribution is 5.81. The maximum absolute atomic E-state index is 12.0. The minimum atomic E-state index is -0.105. The van der Waals surface area contributed by atoms with Gasteiger partial charge in [0.1, 0.15) is 5.82 Å². The van der Waals surface area contributed by atoms with Gasteiger partial charge in [0.2, 0.25) is 0 Å². The molecule has 27 heavy (non-hydrogen) atoms. The van der Waals surface area contributed by atoms with Gasteiger partial charge in [-0.1, -0.05) is 39.5 Å². The Morgan fingerprint density at radius 1 is 1.33 bits per heavy atom. The number of aryl methyl sites for hydroxylation is 1. The fourth-order valence-electron chi connectivity index (χ4n) is 3.12. The van der Waals surface area contributed by atoms with E-state index in [0.29, 0.717) is 11.3 Å². The van der Waals surface area contributed by atoms with Gasteiger partial charge < -0.3 is 9.97 Å². The van der Waals surface area contributed by atoms with Crippen LogP contribution in [0.4, 0.5) is 5.82 Å². The maximum Gasteiger partial charge on any atom is 0.258 e. The quantitative estimate of drug-likeness (QED) is 0.617. The number of nitrogens with one attached hydrogen (secondary N) is 2. The molecule has 2 N–H and O–H groups in total. The number of nitrogens with zero attached hydrogens (tertiary/aromatic N) is 2. The average molecular weight is 362 g/mol. The summed E-state index contributed by atoms with van der Waals surface area (Å²) in [7, 11) is 0. The molecule has 1 atom stereocenters. The Labute approximate surface area is 159 Å². The van der Waals surface area contributed by atoms with E-state index < -0.39 is 0 Å². The number of aromatic nitrogens is 3. The molecule has 5 nitrogen and oxygen atoms in total. The number of allylic oxidation sites excluding steroid dienone is 1. The van der Waals surface area contributed by atoms with Crippen LogP contribution in [-0.4, -0.2) is 21.2 Å². The summed E-state index contributed by atoms with van der Waals surface area (Å²) in [5.41, 5.74) is 4.96. The number of hydrogen-bond acceptors (Lipinski definition) is 3. The zero-order chi connectivity index (χ0) is 19.6. The van der Waals surface area contributed by atoms with Crippen LogP contribution in [0.25, 0.3) is 10.9 Å². The van der Waals surface area contributed by atoms with Crippen LogP contribution in [0.2, 0.25) is 0 Å². The fraction of sp³-hybridized carbons (Fsp3) is 0.318. The van der Waals surface area contributed by atoms with E-state index in [1.54, 1.807) is 0 Å². The molecule has 1 aromatic carbocycles. The monoisotopic (exact) mass is 362 g/mol. The molecule has 0 fully saturated rings. The van der Waals surface area contributed by atoms with E-state index in [0.717, 1.165) is 40.1 Å². The molecule has 3 aromatic rings. The number of aromatic amines is 2. The molecule has 0 aliphatic carbocycles. The molecule has 3 rings (SSSR count). The van der Waals surface area contributed by atoms with Gasteiger partial charge in [-0.25, -0.2) is 9.98 Å². The van der Waals surface area contributed by atoms with Crippen molar-refractivity contribution in [2.24, 2.45) is 10.9 Å². The van der Waals surface area contributed by atoms with E-state index in [2.05, 4.69) is 60.3 Å². The lowest BCUT2D eigenvalue weighted by atomic mass is 9.94. The van der Waals surface area contributed by atoms with Crippen LogP contribution < -0.4 is 5.56 Å². The number of rotatable bonds is 6. The van der Waals surface area contributed by atoms with Gasteiger partial charge in [-0.3, -0.25) is 4.79 Å². The Bertz CT molecular complexity index is 1060. The Kier molecular flexibility index (Phi) is 5.40. The molecule has 0 bridgehead atoms. The Balaban J connectivity index is 1.84. The summed E-state index contributed by atoms with van der Waals surface area (Å²) in [5, 5.41) is 0.627. The summed E-state index contributed by atoms with van der Waals surface area (Å²) in [6.45, 7) is 12.4. The van der Waals surface area contributed by atoms with Crippen molar-refractivity contribution < 1.29 is 0 Å². The number of para-hydroxylation sites is 1. The molecule has 1 unspecified atom stereocenters. The van der Waals surface area contributed by atoms with Gasteiger partial charge in [-0.15, -0.1) is 0 Å². The number of hydrogen-bond donors (Lipinski definition) is 2. The molecule has 2 aromatic heterocycles. The van der Waals surface area contributed by atoms with E-state index in [4.69, 9.17) is 0 Å². The molecule has 0 spiro atoms. The highest BCUT2D eigenvalue weighted by atomic mass is 16.1. The second-order valence-corrected chi connectivity index (χ2v) is 7.39. The first kappa shape index (κ1) is 18.8. The summed E-state index contributed by atoms with van der Waals surface area (Å²) in [6.07, 6.45) is 4.11. The lowest BCUT2D eigenvalue weighted by molar-refractivity contribution is 0.749. The largest absolute Gasteiger partial charge is 0.344 e. The Morgan fingerprint density at radius 3 is 2.85 bits per heavy atom. The minimum Gasteiger partial charge on any atom is -0.344 e. The van der Waals surface area contributed by atoms with Gasteiger partial charge in [0.25, 0.3) is 5.56 Å². The van der Waals surface area contributed by atoms with Gasteiger partial charge in [0, 0.05) is 11.9 Å². The number of fused-ring (bicyclic) bond motifs is 1. The topological polar surface area (TPSA) is 73.9 Å². The molecule has 0 saturated carbocycles. The van der Waals surface area contributed by atoms with Crippen LogP contribution in [-0.2, 0) is 6.42 Å². The van der Waals surface area contributed by atoms with Crippen LogP contribution in [0.3, 0.4) is 0 Å². The smallest absolute Gasteiger partial charge is 0.258 e. The summed E-state index contributed by atoms with van der Waals surface area (Å²) < 4.78 is 0. The van der Waals surface area contributed by atoms with Crippen molar-refractivity contribution >= 4 is 22.9 Å². The summed E-state index contributed by atoms with van der Waals surface area (Å²) >= 11 is 0. The van der Waals surface area contributed by atoms with Crippen LogP contribution in [0.1, 0.15) is 43.5 Å². The molecule has 5 heteroatoms. The first-order chi connectivity index (χ1) is 12.9. The highest BCUT2D eigenvalue weighted by Gasteiger charge is 2.14. The van der Waals surface area contributed by atoms with Crippen LogP contribution in [0.15, 0.2) is 52.5 Å². The predicted octanol–water partition coefficient (Wildman–Crippen LogP) is 4.82. The SMILES string of the molecule is C=C(C=Nc1[nH]c(CC(C)c2cccc3c(=O)[nH]cnc23)cc1C)C(C)C. The standard InChI is InChI=1S/C22H26N4O/c1-13(2)16(5)11-23-21-15(4)10-17(26-21)9-14(3)18-7-6-8-19-20(18)24-12-25-22(19)27/h6-8,10-14,26H,5,9H2,1-4H3,(H,24,25,27). The van der Waals surface area contributed by atoms with Gasteiger partial charge in [0.05, 0.1) is 17.2 Å². The molecule has 0 aliphatic heterocycles. The third kappa shape index (κ3) is 4.08. The molecule has 0 saturated heterocycles. The number of H-pyrrole nitrogens is 2. The molecule has 0 aliphatic rings. The van der Waals surface area contributed by atoms with Crippen LogP contribution in [0, 0.1) is 12.8 Å². The lowest BCUT2D eigenvalue weighted by Crippen LogP contribution is -2.09. The van der Waals surface area contributed by atoms with Crippen molar-refractivity contribution in [2.75, 3.05) is 0 Å². The van der Waals surface area contributed by atoms with Gasteiger partial charge in [-0.05, 0) is 54.0 Å². The van der Waals surface area contributed by atoms with Crippen LogP contribution in [0.5, 0.6) is 0 Å². The summed E-state index contributed by atoms with van der Waals surface area (Å²) in [5.74, 6) is 1.46. The van der Waals surface area contributed by atoms with Gasteiger partial charge >= 0.3 is 0 Å². The van der Waals surface area contributed by atoms with E-state index in [-0.39, 0.29) is 11.5 Å². The summed E-state index contributed by atoms with van der Waals surface area (Å²) in [4.78, 5) is 27.0. The van der Waals surface area contributed by atoms with Gasteiger partial charge in [-0.2, -0.15) is 0 Å². The minimum absolute atomic E-state index is 0.105. The fourth-order valence-corrected chi connectivity index (χ4v) is 3.12. The number of aliphatic imine (C=N–C) groups is 1. The zero-order valence-electron chi connectivity index (χ0n) is 16.3. The first-order valence-corrected chi connectivity index (χ1v) is 9.24. The van der Waals surface area contributed by atoms with Gasteiger partial charge in [0.15, 0.2) is 0 Å². The number of benzene rings is 1. The Morgan fingerprint density at radius 2 is 2.11 bits per heavy atom. The molecule has 2 heterocycles. The molecular formula is C22H26N4O. The molecule has 0 amide bonds. The second kappa shape index (κ2) is 7.74. The van der Waals surface area contributed by atoms with E-state index >= 15 is 0 Å². The third-order valence-electron chi connectivity index (χ3n) is 4.90. The van der Waals surface area contributed by atoms with E-state index in [1.165, 1.54) is 6.33 Å². The van der Waals surface area contributed by atoms with Crippen molar-refractivity contribution in [1.29, 1.82) is 0 Å². The second-order valence-electron chi connectivity index (χ2n) is 7.39. The van der Waals surface area contributed by atoms with Crippen molar-refractivity contribution in [2.45, 2.75) is 40.0 Å². The summed E-state index contributed by atoms with van der Waals surface area (Å²) in [6, 6.07) is 7.90. The van der Waals surface area contributed by atoms with Crippen molar-refractivity contribution in [3.8, 4) is 0 Å². The highest BCUT2D eigenvalue weighted by Crippen LogP contribution is 2.27. The average Bonchev–Trinajstić information content (AvgIpc) is 2.98. The van der Waals surface area contributed by atoms with E-state index in [1.807, 2.05) is 24.4 Å². The first-order valence-electron chi connectivity index (χ1n) is 9.24.